The van der Waals surface area contributed by atoms with Crippen molar-refractivity contribution in [3.8, 4) is 0 Å². The first-order valence-electron chi connectivity index (χ1n) is 10.8. The second-order valence-electron chi connectivity index (χ2n) is 9.18. The van der Waals surface area contributed by atoms with E-state index in [0.717, 1.165) is 0 Å². The van der Waals surface area contributed by atoms with Crippen LogP contribution in [-0.2, 0) is 17.3 Å². The van der Waals surface area contributed by atoms with Crippen LogP contribution in [0.1, 0.15) is 67.2 Å². The van der Waals surface area contributed by atoms with Crippen LogP contribution in [0.25, 0.3) is 5.65 Å². The van der Waals surface area contributed by atoms with Gasteiger partial charge in [0.25, 0.3) is 5.91 Å². The van der Waals surface area contributed by atoms with Gasteiger partial charge in [0, 0.05) is 43.4 Å². The average Bonchev–Trinajstić information content (AvgIpc) is 3.08. The molecule has 1 amide bonds. The van der Waals surface area contributed by atoms with E-state index in [9.17, 15) is 26.7 Å². The monoisotopic (exact) mass is 459 g/mol. The number of alkyl halides is 5. The van der Waals surface area contributed by atoms with Crippen molar-refractivity contribution >= 4 is 11.6 Å². The van der Waals surface area contributed by atoms with E-state index in [-0.39, 0.29) is 60.8 Å². The molecule has 2 aromatic heterocycles. The Morgan fingerprint density at radius 2 is 1.88 bits per heavy atom. The number of carbonyl (C=O) groups excluding carboxylic acids is 1. The van der Waals surface area contributed by atoms with Crippen molar-refractivity contribution in [2.24, 2.45) is 5.92 Å². The van der Waals surface area contributed by atoms with E-state index in [1.807, 2.05) is 6.92 Å². The molecular formula is C22H26F5N3O2. The maximum absolute atomic E-state index is 13.7. The number of fused-ring (bicyclic) bond motifs is 1. The summed E-state index contributed by atoms with van der Waals surface area (Å²) in [4.78, 5) is 16.5. The summed E-state index contributed by atoms with van der Waals surface area (Å²) in [6.07, 6.45) is -2.27. The highest BCUT2D eigenvalue weighted by Crippen LogP contribution is 2.39. The van der Waals surface area contributed by atoms with Gasteiger partial charge in [0.1, 0.15) is 5.65 Å². The number of hydrogen-bond acceptors (Lipinski definition) is 3. The van der Waals surface area contributed by atoms with E-state index < -0.39 is 23.3 Å². The number of aromatic nitrogens is 2. The first-order chi connectivity index (χ1) is 15.0. The van der Waals surface area contributed by atoms with Crippen molar-refractivity contribution < 1.29 is 31.5 Å². The van der Waals surface area contributed by atoms with Crippen molar-refractivity contribution in [2.45, 2.75) is 69.5 Å². The molecule has 1 aliphatic carbocycles. The Kier molecular flexibility index (Phi) is 5.94. The van der Waals surface area contributed by atoms with E-state index >= 15 is 0 Å². The predicted octanol–water partition coefficient (Wildman–Crippen LogP) is 5.02. The number of amides is 1. The summed E-state index contributed by atoms with van der Waals surface area (Å²) < 4.78 is 74.6. The molecule has 0 atom stereocenters. The third kappa shape index (κ3) is 4.89. The lowest BCUT2D eigenvalue weighted by Gasteiger charge is -2.34. The van der Waals surface area contributed by atoms with Gasteiger partial charge in [-0.05, 0) is 57.1 Å². The standard InChI is InChI=1S/C22H26F5N3O2/c1-20(7-10-32-11-8-20)29-19(31)15-4-9-30-16(12-14-2-5-21(23,24)6-3-14)18(22(25,26)27)28-17(30)13-15/h4,9,13-14H,2-3,5-8,10-12H2,1H3,(H,29,31). The van der Waals surface area contributed by atoms with Crippen molar-refractivity contribution in [3.63, 3.8) is 0 Å². The van der Waals surface area contributed by atoms with Crippen molar-refractivity contribution in [1.29, 1.82) is 0 Å². The highest BCUT2D eigenvalue weighted by atomic mass is 19.4. The number of rotatable bonds is 4. The van der Waals surface area contributed by atoms with Gasteiger partial charge in [0.2, 0.25) is 5.92 Å². The fraction of sp³-hybridized carbons (Fsp3) is 0.636. The minimum absolute atomic E-state index is 0.00963. The van der Waals surface area contributed by atoms with Crippen LogP contribution < -0.4 is 5.32 Å². The molecule has 0 unspecified atom stereocenters. The van der Waals surface area contributed by atoms with Gasteiger partial charge in [0.15, 0.2) is 5.69 Å². The normalized spacial score (nSPS) is 21.6. The number of ether oxygens (including phenoxy) is 1. The van der Waals surface area contributed by atoms with Crippen LogP contribution in [0.15, 0.2) is 18.3 Å². The Balaban J connectivity index is 1.60. The van der Waals surface area contributed by atoms with Crippen LogP contribution in [-0.4, -0.2) is 40.0 Å². The Morgan fingerprint density at radius 3 is 2.50 bits per heavy atom. The van der Waals surface area contributed by atoms with E-state index in [4.69, 9.17) is 4.74 Å². The number of nitrogens with one attached hydrogen (secondary N) is 1. The fourth-order valence-corrected chi connectivity index (χ4v) is 4.53. The third-order valence-electron chi connectivity index (χ3n) is 6.59. The first-order valence-corrected chi connectivity index (χ1v) is 10.8. The molecule has 1 saturated heterocycles. The van der Waals surface area contributed by atoms with Crippen LogP contribution in [0, 0.1) is 5.92 Å². The minimum Gasteiger partial charge on any atom is -0.381 e. The molecule has 176 valence electrons. The fourth-order valence-electron chi connectivity index (χ4n) is 4.53. The molecule has 0 spiro atoms. The number of nitrogens with zero attached hydrogens (tertiary/aromatic N) is 2. The molecule has 0 aromatic carbocycles. The quantitative estimate of drug-likeness (QED) is 0.654. The summed E-state index contributed by atoms with van der Waals surface area (Å²) in [7, 11) is 0. The topological polar surface area (TPSA) is 55.6 Å². The Morgan fingerprint density at radius 1 is 1.22 bits per heavy atom. The molecular weight excluding hydrogens is 433 g/mol. The largest absolute Gasteiger partial charge is 0.435 e. The Labute approximate surface area is 182 Å². The molecule has 0 radical (unpaired) electrons. The zero-order valence-corrected chi connectivity index (χ0v) is 17.8. The zero-order valence-electron chi connectivity index (χ0n) is 17.8. The minimum atomic E-state index is -4.68. The van der Waals surface area contributed by atoms with Gasteiger partial charge in [-0.15, -0.1) is 0 Å². The van der Waals surface area contributed by atoms with Gasteiger partial charge >= 0.3 is 6.18 Å². The molecule has 0 bridgehead atoms. The van der Waals surface area contributed by atoms with E-state index in [0.29, 0.717) is 26.1 Å². The summed E-state index contributed by atoms with van der Waals surface area (Å²) in [5.74, 6) is -3.40. The number of imidazole rings is 1. The summed E-state index contributed by atoms with van der Waals surface area (Å²) in [6.45, 7) is 2.97. The molecule has 3 heterocycles. The van der Waals surface area contributed by atoms with Crippen LogP contribution in [0.4, 0.5) is 22.0 Å². The lowest BCUT2D eigenvalue weighted by Crippen LogP contribution is -2.49. The van der Waals surface area contributed by atoms with Crippen molar-refractivity contribution in [3.05, 3.63) is 35.3 Å². The molecule has 5 nitrogen and oxygen atoms in total. The third-order valence-corrected chi connectivity index (χ3v) is 6.59. The number of halogens is 5. The highest BCUT2D eigenvalue weighted by Gasteiger charge is 2.40. The molecule has 1 N–H and O–H groups in total. The molecule has 32 heavy (non-hydrogen) atoms. The number of hydrogen-bond donors (Lipinski definition) is 1. The first kappa shape index (κ1) is 22.9. The van der Waals surface area contributed by atoms with Crippen molar-refractivity contribution in [2.75, 3.05) is 13.2 Å². The molecule has 1 aliphatic heterocycles. The van der Waals surface area contributed by atoms with Crippen molar-refractivity contribution in [1.82, 2.24) is 14.7 Å². The van der Waals surface area contributed by atoms with Gasteiger partial charge in [-0.25, -0.2) is 13.8 Å². The molecule has 2 fully saturated rings. The van der Waals surface area contributed by atoms with Gasteiger partial charge in [-0.3, -0.25) is 4.79 Å². The summed E-state index contributed by atoms with van der Waals surface area (Å²) in [5, 5.41) is 2.95. The van der Waals surface area contributed by atoms with Gasteiger partial charge in [-0.2, -0.15) is 13.2 Å². The average molecular weight is 459 g/mol. The zero-order chi connectivity index (χ0) is 23.1. The molecule has 1 saturated carbocycles. The van der Waals surface area contributed by atoms with E-state index in [2.05, 4.69) is 10.3 Å². The van der Waals surface area contributed by atoms with E-state index in [1.54, 1.807) is 0 Å². The Bertz CT molecular complexity index is 985. The molecule has 10 heteroatoms. The van der Waals surface area contributed by atoms with E-state index in [1.165, 1.54) is 22.7 Å². The Hall–Kier alpha value is -2.23. The molecule has 2 aliphatic rings. The van der Waals surface area contributed by atoms with Gasteiger partial charge in [0.05, 0.1) is 5.69 Å². The number of carbonyl (C=O) groups is 1. The van der Waals surface area contributed by atoms with Crippen LogP contribution in [0.2, 0.25) is 0 Å². The lowest BCUT2D eigenvalue weighted by atomic mass is 9.83. The maximum Gasteiger partial charge on any atom is 0.435 e. The maximum atomic E-state index is 13.7. The number of pyridine rings is 1. The second-order valence-corrected chi connectivity index (χ2v) is 9.18. The summed E-state index contributed by atoms with van der Waals surface area (Å²) in [6, 6.07) is 2.80. The smallest absolute Gasteiger partial charge is 0.381 e. The summed E-state index contributed by atoms with van der Waals surface area (Å²) in [5.41, 5.74) is -1.29. The second kappa shape index (κ2) is 8.28. The van der Waals surface area contributed by atoms with Crippen LogP contribution in [0.5, 0.6) is 0 Å². The summed E-state index contributed by atoms with van der Waals surface area (Å²) >= 11 is 0. The van der Waals surface area contributed by atoms with Crippen LogP contribution in [0.3, 0.4) is 0 Å². The van der Waals surface area contributed by atoms with Gasteiger partial charge in [-0.1, -0.05) is 0 Å². The lowest BCUT2D eigenvalue weighted by molar-refractivity contribution is -0.141. The van der Waals surface area contributed by atoms with Gasteiger partial charge < -0.3 is 14.5 Å². The highest BCUT2D eigenvalue weighted by molar-refractivity contribution is 5.95. The SMILES string of the molecule is CC1(NC(=O)c2ccn3c(CC4CCC(F)(F)CC4)c(C(F)(F)F)nc3c2)CCOCC1. The molecule has 2 aromatic rings. The predicted molar refractivity (Wildman–Crippen MR) is 107 cm³/mol. The molecule has 4 rings (SSSR count). The van der Waals surface area contributed by atoms with Crippen LogP contribution >= 0.6 is 0 Å².